The number of nitrogen functional groups attached to an aromatic ring is 1. The Morgan fingerprint density at radius 2 is 1.74 bits per heavy atom. The maximum Gasteiger partial charge on any atom is 0.161 e. The Labute approximate surface area is 121 Å². The van der Waals surface area contributed by atoms with Crippen molar-refractivity contribution in [3.05, 3.63) is 51.5 Å². The zero-order chi connectivity index (χ0) is 13.4. The number of hydrogen-bond donors (Lipinski definition) is 2. The van der Waals surface area contributed by atoms with Gasteiger partial charge in [0, 0.05) is 13.1 Å². The van der Waals surface area contributed by atoms with Crippen LogP contribution in [0.15, 0.2) is 30.3 Å². The van der Waals surface area contributed by atoms with Gasteiger partial charge in [-0.25, -0.2) is 10.8 Å². The number of rotatable bonds is 2. The van der Waals surface area contributed by atoms with Gasteiger partial charge in [-0.3, -0.25) is 0 Å². The summed E-state index contributed by atoms with van der Waals surface area (Å²) in [5.74, 6) is 6.51. The van der Waals surface area contributed by atoms with Gasteiger partial charge in [0.2, 0.25) is 0 Å². The van der Waals surface area contributed by atoms with Gasteiger partial charge in [0.25, 0.3) is 0 Å². The summed E-state index contributed by atoms with van der Waals surface area (Å²) < 4.78 is 0. The van der Waals surface area contributed by atoms with E-state index < -0.39 is 0 Å². The molecule has 0 bridgehead atoms. The number of hydrogen-bond acceptors (Lipinski definition) is 4. The van der Waals surface area contributed by atoms with E-state index >= 15 is 0 Å². The van der Waals surface area contributed by atoms with Gasteiger partial charge in [-0.05, 0) is 17.2 Å². The molecule has 0 fully saturated rings. The highest BCUT2D eigenvalue weighted by Crippen LogP contribution is 2.35. The SMILES string of the molecule is NNc1nc(N2Cc3ccccc3C2)c(Cl)cc1Cl. The molecule has 3 N–H and O–H groups in total. The first-order valence-corrected chi connectivity index (χ1v) is 6.59. The second kappa shape index (κ2) is 4.89. The molecular weight excluding hydrogens is 283 g/mol. The van der Waals surface area contributed by atoms with E-state index in [0.29, 0.717) is 21.7 Å². The molecule has 1 aromatic carbocycles. The van der Waals surface area contributed by atoms with E-state index in [9.17, 15) is 0 Å². The minimum absolute atomic E-state index is 0.410. The first-order chi connectivity index (χ1) is 9.19. The lowest BCUT2D eigenvalue weighted by Gasteiger charge is -2.19. The third kappa shape index (κ3) is 2.23. The summed E-state index contributed by atoms with van der Waals surface area (Å²) in [6, 6.07) is 9.95. The number of hydrazine groups is 1. The molecule has 0 saturated carbocycles. The van der Waals surface area contributed by atoms with Gasteiger partial charge in [0.05, 0.1) is 10.0 Å². The van der Waals surface area contributed by atoms with Crippen molar-refractivity contribution in [2.75, 3.05) is 10.3 Å². The number of nitrogens with zero attached hydrogens (tertiary/aromatic N) is 2. The fraction of sp³-hybridized carbons (Fsp3) is 0.154. The third-order valence-corrected chi connectivity index (χ3v) is 3.75. The lowest BCUT2D eigenvalue weighted by molar-refractivity contribution is 0.857. The average Bonchev–Trinajstić information content (AvgIpc) is 2.82. The first kappa shape index (κ1) is 12.5. The summed E-state index contributed by atoms with van der Waals surface area (Å²) in [7, 11) is 0. The Kier molecular flexibility index (Phi) is 3.22. The monoisotopic (exact) mass is 294 g/mol. The van der Waals surface area contributed by atoms with Crippen molar-refractivity contribution in [2.45, 2.75) is 13.1 Å². The summed E-state index contributed by atoms with van der Waals surface area (Å²) in [4.78, 5) is 6.48. The minimum atomic E-state index is 0.410. The van der Waals surface area contributed by atoms with Gasteiger partial charge < -0.3 is 10.3 Å². The van der Waals surface area contributed by atoms with E-state index in [4.69, 9.17) is 29.0 Å². The average molecular weight is 295 g/mol. The van der Waals surface area contributed by atoms with E-state index in [0.717, 1.165) is 13.1 Å². The van der Waals surface area contributed by atoms with Crippen LogP contribution < -0.4 is 16.2 Å². The fourth-order valence-electron chi connectivity index (χ4n) is 2.26. The summed E-state index contributed by atoms with van der Waals surface area (Å²) in [6.45, 7) is 1.57. The van der Waals surface area contributed by atoms with Gasteiger partial charge in [0.1, 0.15) is 0 Å². The molecule has 0 radical (unpaired) electrons. The first-order valence-electron chi connectivity index (χ1n) is 5.83. The van der Waals surface area contributed by atoms with E-state index in [1.165, 1.54) is 11.1 Å². The van der Waals surface area contributed by atoms with Crippen LogP contribution in [0, 0.1) is 0 Å². The highest BCUT2D eigenvalue weighted by atomic mass is 35.5. The van der Waals surface area contributed by atoms with Crippen LogP contribution in [0.1, 0.15) is 11.1 Å². The number of halogens is 2. The maximum absolute atomic E-state index is 6.22. The van der Waals surface area contributed by atoms with Crippen LogP contribution in [0.5, 0.6) is 0 Å². The van der Waals surface area contributed by atoms with Crippen LogP contribution in [0.25, 0.3) is 0 Å². The van der Waals surface area contributed by atoms with Crippen LogP contribution in [0.2, 0.25) is 10.0 Å². The summed E-state index contributed by atoms with van der Waals surface area (Å²) >= 11 is 12.2. The second-order valence-corrected chi connectivity index (χ2v) is 5.21. The molecule has 1 aliphatic heterocycles. The number of anilines is 2. The Morgan fingerprint density at radius 1 is 1.11 bits per heavy atom. The van der Waals surface area contributed by atoms with Crippen LogP contribution >= 0.6 is 23.2 Å². The number of pyridine rings is 1. The fourth-order valence-corrected chi connectivity index (χ4v) is 2.80. The van der Waals surface area contributed by atoms with Crippen molar-refractivity contribution in [1.29, 1.82) is 0 Å². The Balaban J connectivity index is 1.97. The van der Waals surface area contributed by atoms with Gasteiger partial charge in [-0.2, -0.15) is 0 Å². The number of benzene rings is 1. The smallest absolute Gasteiger partial charge is 0.161 e. The molecular formula is C13H12Cl2N4. The molecule has 4 nitrogen and oxygen atoms in total. The van der Waals surface area contributed by atoms with Crippen LogP contribution in [0.3, 0.4) is 0 Å². The van der Waals surface area contributed by atoms with Crippen LogP contribution in [-0.4, -0.2) is 4.98 Å². The van der Waals surface area contributed by atoms with Crippen molar-refractivity contribution in [3.8, 4) is 0 Å². The topological polar surface area (TPSA) is 54.2 Å². The van der Waals surface area contributed by atoms with Crippen molar-refractivity contribution in [2.24, 2.45) is 5.84 Å². The number of nitrogens with two attached hydrogens (primary N) is 1. The molecule has 19 heavy (non-hydrogen) atoms. The lowest BCUT2D eigenvalue weighted by Crippen LogP contribution is -2.18. The maximum atomic E-state index is 6.22. The molecule has 1 aromatic heterocycles. The van der Waals surface area contributed by atoms with E-state index in [1.807, 2.05) is 12.1 Å². The normalized spacial score (nSPS) is 13.5. The third-order valence-electron chi connectivity index (χ3n) is 3.19. The molecule has 0 atom stereocenters. The summed E-state index contributed by atoms with van der Waals surface area (Å²) in [6.07, 6.45) is 0. The molecule has 0 amide bonds. The predicted octanol–water partition coefficient (Wildman–Crippen LogP) is 3.19. The molecule has 0 saturated heterocycles. The molecule has 3 rings (SSSR count). The summed E-state index contributed by atoms with van der Waals surface area (Å²) in [5.41, 5.74) is 5.06. The highest BCUT2D eigenvalue weighted by molar-refractivity contribution is 6.37. The van der Waals surface area contributed by atoms with Gasteiger partial charge in [-0.1, -0.05) is 47.5 Å². The quantitative estimate of drug-likeness (QED) is 0.660. The van der Waals surface area contributed by atoms with Crippen LogP contribution in [-0.2, 0) is 13.1 Å². The highest BCUT2D eigenvalue weighted by Gasteiger charge is 2.22. The molecule has 1 aliphatic rings. The second-order valence-electron chi connectivity index (χ2n) is 4.39. The van der Waals surface area contributed by atoms with Crippen molar-refractivity contribution in [3.63, 3.8) is 0 Å². The van der Waals surface area contributed by atoms with Gasteiger partial charge in [0.15, 0.2) is 11.6 Å². The zero-order valence-electron chi connectivity index (χ0n) is 10.0. The van der Waals surface area contributed by atoms with Crippen molar-refractivity contribution in [1.82, 2.24) is 4.98 Å². The van der Waals surface area contributed by atoms with Crippen LogP contribution in [0.4, 0.5) is 11.6 Å². The number of aromatic nitrogens is 1. The standard InChI is InChI=1S/C13H12Cl2N4/c14-10-5-11(15)13(17-12(10)18-16)19-6-8-3-1-2-4-9(8)7-19/h1-5H,6-7,16H2,(H,17,18). The largest absolute Gasteiger partial charge is 0.347 e. The Bertz CT molecular complexity index is 605. The molecule has 0 unspecified atom stereocenters. The molecule has 2 aromatic rings. The van der Waals surface area contributed by atoms with E-state index in [2.05, 4.69) is 27.4 Å². The van der Waals surface area contributed by atoms with E-state index in [-0.39, 0.29) is 0 Å². The number of nitrogens with one attached hydrogen (secondary N) is 1. The Morgan fingerprint density at radius 3 is 2.32 bits per heavy atom. The lowest BCUT2D eigenvalue weighted by atomic mass is 10.1. The molecule has 6 heteroatoms. The molecule has 0 spiro atoms. The zero-order valence-corrected chi connectivity index (χ0v) is 11.5. The Hall–Kier alpha value is -1.49. The minimum Gasteiger partial charge on any atom is -0.347 e. The van der Waals surface area contributed by atoms with Gasteiger partial charge >= 0.3 is 0 Å². The van der Waals surface area contributed by atoms with Crippen molar-refractivity contribution >= 4 is 34.8 Å². The predicted molar refractivity (Wildman–Crippen MR) is 78.4 cm³/mol. The number of fused-ring (bicyclic) bond motifs is 1. The molecule has 2 heterocycles. The van der Waals surface area contributed by atoms with Crippen molar-refractivity contribution < 1.29 is 0 Å². The summed E-state index contributed by atoms with van der Waals surface area (Å²) in [5, 5.41) is 0.935. The molecule has 98 valence electrons. The van der Waals surface area contributed by atoms with Gasteiger partial charge in [-0.15, -0.1) is 0 Å². The van der Waals surface area contributed by atoms with E-state index in [1.54, 1.807) is 6.07 Å². The molecule has 0 aliphatic carbocycles.